The Hall–Kier alpha value is -0.330. The minimum absolute atomic E-state index is 0.0745. The van der Waals surface area contributed by atoms with Crippen molar-refractivity contribution in [2.75, 3.05) is 26.2 Å². The van der Waals surface area contributed by atoms with Crippen molar-refractivity contribution >= 4 is 0 Å². The van der Waals surface area contributed by atoms with E-state index in [1.54, 1.807) is 4.90 Å². The Morgan fingerprint density at radius 1 is 1.28 bits per heavy atom. The maximum atomic E-state index is 13.0. The van der Waals surface area contributed by atoms with Crippen LogP contribution in [0.5, 0.6) is 0 Å². The lowest BCUT2D eigenvalue weighted by Gasteiger charge is -2.50. The summed E-state index contributed by atoms with van der Waals surface area (Å²) < 4.78 is 38.9. The standard InChI is InChI=1S/C12H22F3N3/c1-9-7-17-5-3-2-4-10(17)8-18(9)11(6-16)12(13,14)15/h9-11H,2-8,16H2,1H3. The number of piperazine rings is 1. The van der Waals surface area contributed by atoms with Crippen molar-refractivity contribution in [3.05, 3.63) is 0 Å². The van der Waals surface area contributed by atoms with Gasteiger partial charge in [0.15, 0.2) is 0 Å². The molecule has 0 spiro atoms. The summed E-state index contributed by atoms with van der Waals surface area (Å²) in [4.78, 5) is 3.90. The van der Waals surface area contributed by atoms with Crippen LogP contribution in [0, 0.1) is 0 Å². The smallest absolute Gasteiger partial charge is 0.329 e. The quantitative estimate of drug-likeness (QED) is 0.820. The Morgan fingerprint density at radius 3 is 2.61 bits per heavy atom. The first-order valence-electron chi connectivity index (χ1n) is 6.70. The average Bonchev–Trinajstić information content (AvgIpc) is 2.29. The molecule has 106 valence electrons. The molecule has 6 heteroatoms. The monoisotopic (exact) mass is 265 g/mol. The Kier molecular flexibility index (Phi) is 4.18. The predicted octanol–water partition coefficient (Wildman–Crippen LogP) is 1.43. The van der Waals surface area contributed by atoms with E-state index in [9.17, 15) is 13.2 Å². The number of hydrogen-bond donors (Lipinski definition) is 1. The highest BCUT2D eigenvalue weighted by atomic mass is 19.4. The van der Waals surface area contributed by atoms with E-state index in [0.717, 1.165) is 25.9 Å². The van der Waals surface area contributed by atoms with E-state index in [1.807, 2.05) is 6.92 Å². The summed E-state index contributed by atoms with van der Waals surface area (Å²) in [5.74, 6) is 0. The largest absolute Gasteiger partial charge is 0.405 e. The SMILES string of the molecule is CC1CN2CCCCC2CN1C(CN)C(F)(F)F. The van der Waals surface area contributed by atoms with Crippen LogP contribution in [0.25, 0.3) is 0 Å². The molecule has 0 aromatic carbocycles. The average molecular weight is 265 g/mol. The first-order chi connectivity index (χ1) is 8.43. The molecule has 0 amide bonds. The van der Waals surface area contributed by atoms with Gasteiger partial charge < -0.3 is 5.73 Å². The lowest BCUT2D eigenvalue weighted by Crippen LogP contribution is -2.64. The zero-order valence-corrected chi connectivity index (χ0v) is 10.8. The lowest BCUT2D eigenvalue weighted by molar-refractivity contribution is -0.195. The zero-order valence-electron chi connectivity index (χ0n) is 10.8. The zero-order chi connectivity index (χ0) is 13.3. The number of nitrogens with two attached hydrogens (primary N) is 1. The van der Waals surface area contributed by atoms with E-state index in [0.29, 0.717) is 6.54 Å². The fourth-order valence-electron chi connectivity index (χ4n) is 3.27. The van der Waals surface area contributed by atoms with E-state index in [-0.39, 0.29) is 18.6 Å². The summed E-state index contributed by atoms with van der Waals surface area (Å²) in [5.41, 5.74) is 5.34. The van der Waals surface area contributed by atoms with Gasteiger partial charge in [-0.3, -0.25) is 9.80 Å². The molecule has 0 aliphatic carbocycles. The van der Waals surface area contributed by atoms with Gasteiger partial charge in [0.25, 0.3) is 0 Å². The van der Waals surface area contributed by atoms with E-state index in [1.165, 1.54) is 6.42 Å². The third kappa shape index (κ3) is 2.81. The van der Waals surface area contributed by atoms with Crippen molar-refractivity contribution in [3.63, 3.8) is 0 Å². The van der Waals surface area contributed by atoms with Crippen LogP contribution in [0.1, 0.15) is 26.2 Å². The normalized spacial score (nSPS) is 33.2. The maximum Gasteiger partial charge on any atom is 0.405 e. The molecular weight excluding hydrogens is 243 g/mol. The summed E-state index contributed by atoms with van der Waals surface area (Å²) in [6, 6.07) is -1.28. The number of rotatable bonds is 2. The van der Waals surface area contributed by atoms with Crippen molar-refractivity contribution in [3.8, 4) is 0 Å². The van der Waals surface area contributed by atoms with Crippen molar-refractivity contribution in [1.82, 2.24) is 9.80 Å². The maximum absolute atomic E-state index is 13.0. The Balaban J connectivity index is 2.08. The molecule has 0 aromatic heterocycles. The number of hydrogen-bond acceptors (Lipinski definition) is 3. The van der Waals surface area contributed by atoms with Crippen LogP contribution >= 0.6 is 0 Å². The second-order valence-electron chi connectivity index (χ2n) is 5.48. The molecule has 0 aromatic rings. The summed E-state index contributed by atoms with van der Waals surface area (Å²) in [6.07, 6.45) is -0.913. The van der Waals surface area contributed by atoms with Crippen LogP contribution in [-0.4, -0.2) is 60.3 Å². The van der Waals surface area contributed by atoms with Crippen LogP contribution in [0.15, 0.2) is 0 Å². The van der Waals surface area contributed by atoms with Gasteiger partial charge in [-0.15, -0.1) is 0 Å². The Morgan fingerprint density at radius 2 is 2.00 bits per heavy atom. The van der Waals surface area contributed by atoms with Gasteiger partial charge in [0, 0.05) is 31.7 Å². The molecule has 2 rings (SSSR count). The van der Waals surface area contributed by atoms with Gasteiger partial charge in [0.1, 0.15) is 6.04 Å². The predicted molar refractivity (Wildman–Crippen MR) is 64.3 cm³/mol. The number of fused-ring (bicyclic) bond motifs is 1. The molecule has 3 unspecified atom stereocenters. The van der Waals surface area contributed by atoms with Gasteiger partial charge in [-0.2, -0.15) is 13.2 Å². The van der Waals surface area contributed by atoms with Gasteiger partial charge in [-0.05, 0) is 26.3 Å². The van der Waals surface area contributed by atoms with Crippen molar-refractivity contribution in [1.29, 1.82) is 0 Å². The Labute approximate surface area is 106 Å². The van der Waals surface area contributed by atoms with Gasteiger partial charge in [0.05, 0.1) is 0 Å². The lowest BCUT2D eigenvalue weighted by atomic mass is 9.96. The van der Waals surface area contributed by atoms with Gasteiger partial charge in [-0.1, -0.05) is 6.42 Å². The summed E-state index contributed by atoms with van der Waals surface area (Å²) in [6.45, 7) is 3.79. The second kappa shape index (κ2) is 5.35. The molecule has 2 fully saturated rings. The highest BCUT2D eigenvalue weighted by Crippen LogP contribution is 2.31. The number of nitrogens with zero attached hydrogens (tertiary/aromatic N) is 2. The third-order valence-electron chi connectivity index (χ3n) is 4.24. The number of halogens is 3. The number of piperidine rings is 1. The van der Waals surface area contributed by atoms with Gasteiger partial charge in [-0.25, -0.2) is 0 Å². The fraction of sp³-hybridized carbons (Fsp3) is 1.00. The Bertz CT molecular complexity index is 282. The molecule has 0 bridgehead atoms. The molecule has 0 radical (unpaired) electrons. The van der Waals surface area contributed by atoms with Crippen LogP contribution < -0.4 is 5.73 Å². The molecule has 2 aliphatic rings. The van der Waals surface area contributed by atoms with Crippen molar-refractivity contribution < 1.29 is 13.2 Å². The van der Waals surface area contributed by atoms with Crippen LogP contribution in [-0.2, 0) is 0 Å². The molecule has 2 aliphatic heterocycles. The highest BCUT2D eigenvalue weighted by Gasteiger charge is 2.47. The summed E-state index contributed by atoms with van der Waals surface area (Å²) >= 11 is 0. The summed E-state index contributed by atoms with van der Waals surface area (Å²) in [7, 11) is 0. The van der Waals surface area contributed by atoms with E-state index >= 15 is 0 Å². The fourth-order valence-corrected chi connectivity index (χ4v) is 3.27. The minimum atomic E-state index is -4.22. The number of alkyl halides is 3. The van der Waals surface area contributed by atoms with E-state index in [2.05, 4.69) is 4.90 Å². The van der Waals surface area contributed by atoms with Crippen molar-refractivity contribution in [2.24, 2.45) is 5.73 Å². The van der Waals surface area contributed by atoms with Crippen LogP contribution in [0.2, 0.25) is 0 Å². The molecule has 0 saturated carbocycles. The first-order valence-corrected chi connectivity index (χ1v) is 6.70. The molecule has 2 saturated heterocycles. The van der Waals surface area contributed by atoms with Gasteiger partial charge >= 0.3 is 6.18 Å². The van der Waals surface area contributed by atoms with E-state index < -0.39 is 12.2 Å². The van der Waals surface area contributed by atoms with Crippen molar-refractivity contribution in [2.45, 2.75) is 50.5 Å². The highest BCUT2D eigenvalue weighted by molar-refractivity contribution is 4.94. The van der Waals surface area contributed by atoms with Crippen LogP contribution in [0.4, 0.5) is 13.2 Å². The second-order valence-corrected chi connectivity index (χ2v) is 5.48. The molecule has 2 heterocycles. The molecule has 18 heavy (non-hydrogen) atoms. The summed E-state index contributed by atoms with van der Waals surface area (Å²) in [5, 5.41) is 0. The molecule has 3 nitrogen and oxygen atoms in total. The third-order valence-corrected chi connectivity index (χ3v) is 4.24. The minimum Gasteiger partial charge on any atom is -0.329 e. The molecule has 2 N–H and O–H groups in total. The molecule has 3 atom stereocenters. The van der Waals surface area contributed by atoms with Gasteiger partial charge in [0.2, 0.25) is 0 Å². The van der Waals surface area contributed by atoms with Crippen LogP contribution in [0.3, 0.4) is 0 Å². The molecular formula is C12H22F3N3. The first kappa shape index (κ1) is 14.1. The topological polar surface area (TPSA) is 32.5 Å². The van der Waals surface area contributed by atoms with E-state index in [4.69, 9.17) is 5.73 Å².